The minimum atomic E-state index is -0.136. The second-order valence-corrected chi connectivity index (χ2v) is 6.91. The Morgan fingerprint density at radius 2 is 1.55 bits per heavy atom. The van der Waals surface area contributed by atoms with Crippen molar-refractivity contribution in [2.75, 3.05) is 25.0 Å². The largest absolute Gasteiger partial charge is 0.370 e. The maximum atomic E-state index is 10.9. The lowest BCUT2D eigenvalue weighted by Gasteiger charge is -2.31. The second-order valence-electron chi connectivity index (χ2n) is 6.12. The van der Waals surface area contributed by atoms with Gasteiger partial charge in [-0.15, -0.1) is 0 Å². The van der Waals surface area contributed by atoms with E-state index in [0.717, 1.165) is 31.3 Å². The molecule has 0 aromatic rings. The number of alkyl halides is 1. The van der Waals surface area contributed by atoms with Gasteiger partial charge in [-0.25, -0.2) is 0 Å². The van der Waals surface area contributed by atoms with Crippen LogP contribution in [-0.2, 0) is 4.79 Å². The molecule has 20 heavy (non-hydrogen) atoms. The fourth-order valence-electron chi connectivity index (χ4n) is 3.01. The van der Waals surface area contributed by atoms with E-state index >= 15 is 0 Å². The molecule has 2 N–H and O–H groups in total. The van der Waals surface area contributed by atoms with Crippen molar-refractivity contribution in [2.45, 2.75) is 64.2 Å². The lowest BCUT2D eigenvalue weighted by Crippen LogP contribution is -2.35. The van der Waals surface area contributed by atoms with Crippen LogP contribution in [0.4, 0.5) is 0 Å². The van der Waals surface area contributed by atoms with Gasteiger partial charge in [-0.3, -0.25) is 4.79 Å². The van der Waals surface area contributed by atoms with Crippen LogP contribution in [0.5, 0.6) is 0 Å². The number of hydrogen-bond acceptors (Lipinski definition) is 2. The summed E-state index contributed by atoms with van der Waals surface area (Å²) in [7, 11) is 0. The van der Waals surface area contributed by atoms with E-state index < -0.39 is 0 Å². The van der Waals surface area contributed by atoms with Gasteiger partial charge >= 0.3 is 0 Å². The first-order valence-corrected chi connectivity index (χ1v) is 9.41. The predicted molar refractivity (Wildman–Crippen MR) is 89.1 cm³/mol. The Labute approximate surface area is 132 Å². The number of halogens is 1. The molecule has 0 atom stereocenters. The van der Waals surface area contributed by atoms with Gasteiger partial charge in [0.1, 0.15) is 0 Å². The summed E-state index contributed by atoms with van der Waals surface area (Å²) in [5, 5.41) is 1.15. The number of amides is 1. The van der Waals surface area contributed by atoms with E-state index in [0.29, 0.717) is 12.3 Å². The molecule has 0 spiro atoms. The highest BCUT2D eigenvalue weighted by Gasteiger charge is 2.19. The molecule has 1 rings (SSSR count). The van der Waals surface area contributed by atoms with Crippen molar-refractivity contribution in [2.24, 2.45) is 11.7 Å². The van der Waals surface area contributed by atoms with Crippen molar-refractivity contribution in [3.8, 4) is 0 Å². The first-order chi connectivity index (χ1) is 9.72. The van der Waals surface area contributed by atoms with Gasteiger partial charge in [0, 0.05) is 11.8 Å². The van der Waals surface area contributed by atoms with Crippen LogP contribution in [0.15, 0.2) is 0 Å². The normalized spacial score (nSPS) is 17.4. The quantitative estimate of drug-likeness (QED) is 0.458. The van der Waals surface area contributed by atoms with Crippen molar-refractivity contribution in [3.05, 3.63) is 0 Å². The SMILES string of the molecule is NC(=O)CC1CCN(CCCCCCCCCBr)CC1. The fourth-order valence-corrected chi connectivity index (χ4v) is 3.41. The average molecular weight is 347 g/mol. The van der Waals surface area contributed by atoms with Gasteiger partial charge in [0.25, 0.3) is 0 Å². The predicted octanol–water partition coefficient (Wildman–Crippen LogP) is 3.70. The Morgan fingerprint density at radius 3 is 2.10 bits per heavy atom. The van der Waals surface area contributed by atoms with Crippen LogP contribution in [0.2, 0.25) is 0 Å². The number of carbonyl (C=O) groups is 1. The van der Waals surface area contributed by atoms with Crippen LogP contribution < -0.4 is 5.73 Å². The molecule has 1 saturated heterocycles. The van der Waals surface area contributed by atoms with Crippen molar-refractivity contribution < 1.29 is 4.79 Å². The molecule has 1 heterocycles. The molecule has 3 nitrogen and oxygen atoms in total. The topological polar surface area (TPSA) is 46.3 Å². The van der Waals surface area contributed by atoms with Crippen molar-refractivity contribution >= 4 is 21.8 Å². The van der Waals surface area contributed by atoms with E-state index in [4.69, 9.17) is 5.73 Å². The van der Waals surface area contributed by atoms with Gasteiger partial charge in [0.05, 0.1) is 0 Å². The highest BCUT2D eigenvalue weighted by atomic mass is 79.9. The van der Waals surface area contributed by atoms with Crippen LogP contribution in [0.25, 0.3) is 0 Å². The van der Waals surface area contributed by atoms with Crippen LogP contribution in [0.3, 0.4) is 0 Å². The van der Waals surface area contributed by atoms with Gasteiger partial charge in [-0.05, 0) is 51.2 Å². The Kier molecular flexibility index (Phi) is 10.4. The molecule has 1 aliphatic rings. The van der Waals surface area contributed by atoms with E-state index in [1.54, 1.807) is 0 Å². The number of nitrogens with zero attached hydrogens (tertiary/aromatic N) is 1. The average Bonchev–Trinajstić information content (AvgIpc) is 2.43. The fraction of sp³-hybridized carbons (Fsp3) is 0.938. The zero-order valence-electron chi connectivity index (χ0n) is 12.8. The maximum absolute atomic E-state index is 10.9. The second kappa shape index (κ2) is 11.6. The van der Waals surface area contributed by atoms with Gasteiger partial charge in [-0.2, -0.15) is 0 Å². The summed E-state index contributed by atoms with van der Waals surface area (Å²) >= 11 is 3.47. The molecule has 0 bridgehead atoms. The van der Waals surface area contributed by atoms with E-state index in [9.17, 15) is 4.79 Å². The summed E-state index contributed by atoms with van der Waals surface area (Å²) in [6.45, 7) is 3.55. The third kappa shape index (κ3) is 8.96. The van der Waals surface area contributed by atoms with E-state index in [-0.39, 0.29) is 5.91 Å². The Hall–Kier alpha value is -0.0900. The minimum absolute atomic E-state index is 0.136. The Morgan fingerprint density at radius 1 is 1.00 bits per heavy atom. The van der Waals surface area contributed by atoms with Crippen LogP contribution >= 0.6 is 15.9 Å². The molecule has 1 amide bonds. The molecule has 0 aliphatic carbocycles. The standard InChI is InChI=1S/C16H31BrN2O/c17-10-6-4-2-1-3-5-7-11-19-12-8-15(9-13-19)14-16(18)20/h15H,1-14H2,(H2,18,20). The number of carbonyl (C=O) groups excluding carboxylic acids is 1. The van der Waals surface area contributed by atoms with E-state index in [2.05, 4.69) is 20.8 Å². The molecule has 4 heteroatoms. The van der Waals surface area contributed by atoms with Gasteiger partial charge in [0.15, 0.2) is 0 Å². The first-order valence-electron chi connectivity index (χ1n) is 8.29. The molecule has 0 radical (unpaired) electrons. The summed E-state index contributed by atoms with van der Waals surface area (Å²) in [4.78, 5) is 13.5. The van der Waals surface area contributed by atoms with E-state index in [1.807, 2.05) is 0 Å². The van der Waals surface area contributed by atoms with E-state index in [1.165, 1.54) is 51.5 Å². The first kappa shape index (κ1) is 18.0. The zero-order chi connectivity index (χ0) is 14.6. The van der Waals surface area contributed by atoms with Gasteiger partial charge < -0.3 is 10.6 Å². The number of nitrogens with two attached hydrogens (primary N) is 1. The summed E-state index contributed by atoms with van der Waals surface area (Å²) in [5.74, 6) is 0.404. The zero-order valence-corrected chi connectivity index (χ0v) is 14.4. The molecular formula is C16H31BrN2O. The third-order valence-electron chi connectivity index (χ3n) is 4.30. The lowest BCUT2D eigenvalue weighted by molar-refractivity contribution is -0.119. The molecule has 1 aliphatic heterocycles. The summed E-state index contributed by atoms with van der Waals surface area (Å²) in [5.41, 5.74) is 5.26. The Bertz CT molecular complexity index is 253. The van der Waals surface area contributed by atoms with Crippen molar-refractivity contribution in [1.29, 1.82) is 0 Å². The molecule has 1 fully saturated rings. The van der Waals surface area contributed by atoms with Crippen molar-refractivity contribution in [1.82, 2.24) is 4.90 Å². The number of unbranched alkanes of at least 4 members (excludes halogenated alkanes) is 6. The third-order valence-corrected chi connectivity index (χ3v) is 4.87. The molecule has 118 valence electrons. The number of rotatable bonds is 11. The summed E-state index contributed by atoms with van der Waals surface area (Å²) < 4.78 is 0. The number of primary amides is 1. The molecule has 0 unspecified atom stereocenters. The highest BCUT2D eigenvalue weighted by molar-refractivity contribution is 9.09. The smallest absolute Gasteiger partial charge is 0.217 e. The van der Waals surface area contributed by atoms with Crippen molar-refractivity contribution in [3.63, 3.8) is 0 Å². The number of likely N-dealkylation sites (tertiary alicyclic amines) is 1. The van der Waals surface area contributed by atoms with Crippen LogP contribution in [0, 0.1) is 5.92 Å². The molecule has 0 aromatic carbocycles. The number of hydrogen-bond donors (Lipinski definition) is 1. The summed E-state index contributed by atoms with van der Waals surface area (Å²) in [6, 6.07) is 0. The summed E-state index contributed by atoms with van der Waals surface area (Å²) in [6.07, 6.45) is 12.5. The molecular weight excluding hydrogens is 316 g/mol. The minimum Gasteiger partial charge on any atom is -0.370 e. The Balaban J connectivity index is 1.90. The lowest BCUT2D eigenvalue weighted by atomic mass is 9.93. The number of piperidine rings is 1. The van der Waals surface area contributed by atoms with Gasteiger partial charge in [-0.1, -0.05) is 48.0 Å². The monoisotopic (exact) mass is 346 g/mol. The van der Waals surface area contributed by atoms with Gasteiger partial charge in [0.2, 0.25) is 5.91 Å². The molecule has 0 aromatic heterocycles. The van der Waals surface area contributed by atoms with Crippen LogP contribution in [-0.4, -0.2) is 35.8 Å². The van der Waals surface area contributed by atoms with Crippen LogP contribution in [0.1, 0.15) is 64.2 Å². The molecule has 0 saturated carbocycles. The maximum Gasteiger partial charge on any atom is 0.217 e. The highest BCUT2D eigenvalue weighted by Crippen LogP contribution is 2.20.